The van der Waals surface area contributed by atoms with Crippen molar-refractivity contribution >= 4 is 17.9 Å². The highest BCUT2D eigenvalue weighted by atomic mass is 16.4. The number of carbonyl (C=O) groups is 3. The summed E-state index contributed by atoms with van der Waals surface area (Å²) in [5.41, 5.74) is 0. The number of urea groups is 1. The van der Waals surface area contributed by atoms with E-state index in [9.17, 15) is 14.4 Å². The third-order valence-electron chi connectivity index (χ3n) is 3.07. The number of amides is 3. The number of likely N-dealkylation sites (N-methyl/N-ethyl adjacent to an activating group) is 1. The molecule has 1 fully saturated rings. The molecule has 1 heterocycles. The molecule has 0 bridgehead atoms. The Morgan fingerprint density at radius 3 is 2.61 bits per heavy atom. The highest BCUT2D eigenvalue weighted by molar-refractivity contribution is 5.89. The topological polar surface area (TPSA) is 98.7 Å². The second kappa shape index (κ2) is 6.23. The van der Waals surface area contributed by atoms with Gasteiger partial charge in [-0.05, 0) is 19.3 Å². The molecule has 0 aromatic carbocycles. The summed E-state index contributed by atoms with van der Waals surface area (Å²) in [5.74, 6) is -1.28. The number of nitrogens with zero attached hydrogens (tertiary/aromatic N) is 1. The molecule has 1 unspecified atom stereocenters. The average Bonchev–Trinajstić information content (AvgIpc) is 2.83. The Balaban J connectivity index is 2.65. The Morgan fingerprint density at radius 1 is 1.44 bits per heavy atom. The van der Waals surface area contributed by atoms with Crippen LogP contribution >= 0.6 is 0 Å². The molecule has 102 valence electrons. The zero-order valence-corrected chi connectivity index (χ0v) is 10.6. The number of nitrogens with one attached hydrogen (secondary N) is 2. The molecule has 3 amide bonds. The van der Waals surface area contributed by atoms with E-state index in [-0.39, 0.29) is 5.91 Å². The maximum absolute atomic E-state index is 11.9. The van der Waals surface area contributed by atoms with Gasteiger partial charge in [0.1, 0.15) is 12.1 Å². The molecule has 0 aliphatic carbocycles. The molecule has 0 radical (unpaired) electrons. The van der Waals surface area contributed by atoms with E-state index in [0.29, 0.717) is 19.4 Å². The van der Waals surface area contributed by atoms with E-state index in [1.54, 1.807) is 6.92 Å². The van der Waals surface area contributed by atoms with Crippen molar-refractivity contribution in [3.05, 3.63) is 0 Å². The van der Waals surface area contributed by atoms with Crippen LogP contribution in [-0.2, 0) is 9.59 Å². The van der Waals surface area contributed by atoms with Gasteiger partial charge >= 0.3 is 12.0 Å². The van der Waals surface area contributed by atoms with Crippen molar-refractivity contribution in [2.24, 2.45) is 0 Å². The summed E-state index contributed by atoms with van der Waals surface area (Å²) in [7, 11) is 1.52. The van der Waals surface area contributed by atoms with Crippen LogP contribution in [0.3, 0.4) is 0 Å². The Kier molecular flexibility index (Phi) is 4.94. The summed E-state index contributed by atoms with van der Waals surface area (Å²) in [6.45, 7) is 2.15. The minimum absolute atomic E-state index is 0.217. The van der Waals surface area contributed by atoms with E-state index in [0.717, 1.165) is 6.42 Å². The predicted octanol–water partition coefficient (Wildman–Crippen LogP) is -0.230. The molecule has 0 saturated carbocycles. The highest BCUT2D eigenvalue weighted by Crippen LogP contribution is 2.17. The molecule has 0 aromatic rings. The van der Waals surface area contributed by atoms with E-state index in [1.165, 1.54) is 11.9 Å². The maximum Gasteiger partial charge on any atom is 0.326 e. The second-order valence-electron chi connectivity index (χ2n) is 4.21. The van der Waals surface area contributed by atoms with Crippen LogP contribution in [0.1, 0.15) is 26.2 Å². The molecule has 7 heteroatoms. The van der Waals surface area contributed by atoms with Gasteiger partial charge in [0.15, 0.2) is 0 Å². The van der Waals surface area contributed by atoms with Crippen LogP contribution in [0.2, 0.25) is 0 Å². The molecule has 0 aromatic heterocycles. The predicted molar refractivity (Wildman–Crippen MR) is 64.0 cm³/mol. The summed E-state index contributed by atoms with van der Waals surface area (Å²) >= 11 is 0. The third-order valence-corrected chi connectivity index (χ3v) is 3.07. The SMILES string of the molecule is CC[C@@H](NC(=O)N1CCCC1C(=O)NC)C(=O)O. The molecule has 3 N–H and O–H groups in total. The number of carbonyl (C=O) groups excluding carboxylic acids is 2. The molecule has 1 aliphatic rings. The fourth-order valence-corrected chi connectivity index (χ4v) is 2.02. The van der Waals surface area contributed by atoms with E-state index in [4.69, 9.17) is 5.11 Å². The smallest absolute Gasteiger partial charge is 0.326 e. The van der Waals surface area contributed by atoms with Crippen LogP contribution in [0, 0.1) is 0 Å². The van der Waals surface area contributed by atoms with Gasteiger partial charge in [0.25, 0.3) is 0 Å². The molecule has 1 rings (SSSR count). The highest BCUT2D eigenvalue weighted by Gasteiger charge is 2.34. The molecular weight excluding hydrogens is 238 g/mol. The van der Waals surface area contributed by atoms with Crippen LogP contribution in [-0.4, -0.2) is 53.6 Å². The quantitative estimate of drug-likeness (QED) is 0.647. The summed E-state index contributed by atoms with van der Waals surface area (Å²) in [5, 5.41) is 13.8. The van der Waals surface area contributed by atoms with Gasteiger partial charge in [-0.25, -0.2) is 9.59 Å². The van der Waals surface area contributed by atoms with E-state index in [1.807, 2.05) is 0 Å². The number of carboxylic acids is 1. The second-order valence-corrected chi connectivity index (χ2v) is 4.21. The lowest BCUT2D eigenvalue weighted by atomic mass is 10.2. The van der Waals surface area contributed by atoms with Crippen LogP contribution < -0.4 is 10.6 Å². The van der Waals surface area contributed by atoms with Crippen molar-refractivity contribution in [3.63, 3.8) is 0 Å². The first-order valence-electron chi connectivity index (χ1n) is 6.02. The molecule has 2 atom stereocenters. The first-order chi connectivity index (χ1) is 8.51. The minimum Gasteiger partial charge on any atom is -0.480 e. The third kappa shape index (κ3) is 3.12. The Labute approximate surface area is 106 Å². The van der Waals surface area contributed by atoms with Crippen molar-refractivity contribution in [1.29, 1.82) is 0 Å². The number of hydrogen-bond acceptors (Lipinski definition) is 3. The van der Waals surface area contributed by atoms with E-state index >= 15 is 0 Å². The maximum atomic E-state index is 11.9. The largest absolute Gasteiger partial charge is 0.480 e. The summed E-state index contributed by atoms with van der Waals surface area (Å²) < 4.78 is 0. The van der Waals surface area contributed by atoms with Crippen LogP contribution in [0.4, 0.5) is 4.79 Å². The lowest BCUT2D eigenvalue weighted by molar-refractivity contribution is -0.139. The van der Waals surface area contributed by atoms with Crippen molar-refractivity contribution in [1.82, 2.24) is 15.5 Å². The standard InChI is InChI=1S/C11H19N3O4/c1-3-7(10(16)17)13-11(18)14-6-4-5-8(14)9(15)12-2/h7-8H,3-6H2,1-2H3,(H,12,15)(H,13,18)(H,16,17)/t7-,8?/m1/s1. The number of rotatable bonds is 4. The molecule has 7 nitrogen and oxygen atoms in total. The normalized spacial score (nSPS) is 20.3. The van der Waals surface area contributed by atoms with Gasteiger partial charge < -0.3 is 20.6 Å². The van der Waals surface area contributed by atoms with Crippen LogP contribution in [0.15, 0.2) is 0 Å². The van der Waals surface area contributed by atoms with Gasteiger partial charge in [-0.15, -0.1) is 0 Å². The van der Waals surface area contributed by atoms with Gasteiger partial charge in [-0.1, -0.05) is 6.92 Å². The fraction of sp³-hybridized carbons (Fsp3) is 0.727. The number of likely N-dealkylation sites (tertiary alicyclic amines) is 1. The van der Waals surface area contributed by atoms with Crippen molar-refractivity contribution < 1.29 is 19.5 Å². The van der Waals surface area contributed by atoms with Crippen molar-refractivity contribution in [2.75, 3.05) is 13.6 Å². The van der Waals surface area contributed by atoms with Crippen molar-refractivity contribution in [2.45, 2.75) is 38.3 Å². The molecule has 1 aliphatic heterocycles. The Hall–Kier alpha value is -1.79. The Morgan fingerprint density at radius 2 is 2.11 bits per heavy atom. The lowest BCUT2D eigenvalue weighted by Crippen LogP contribution is -2.52. The fourth-order valence-electron chi connectivity index (χ4n) is 2.02. The zero-order chi connectivity index (χ0) is 13.7. The van der Waals surface area contributed by atoms with Crippen molar-refractivity contribution in [3.8, 4) is 0 Å². The van der Waals surface area contributed by atoms with Crippen LogP contribution in [0.5, 0.6) is 0 Å². The summed E-state index contributed by atoms with van der Waals surface area (Å²) in [4.78, 5) is 35.7. The molecule has 18 heavy (non-hydrogen) atoms. The van der Waals surface area contributed by atoms with Gasteiger partial charge in [0.05, 0.1) is 0 Å². The summed E-state index contributed by atoms with van der Waals surface area (Å²) in [6, 6.07) is -1.90. The van der Waals surface area contributed by atoms with E-state index in [2.05, 4.69) is 10.6 Å². The minimum atomic E-state index is -1.07. The number of aliphatic carboxylic acids is 1. The molecule has 0 spiro atoms. The van der Waals surface area contributed by atoms with E-state index < -0.39 is 24.1 Å². The first kappa shape index (κ1) is 14.3. The number of carboxylic acid groups (broad SMARTS) is 1. The van der Waals surface area contributed by atoms with Crippen LogP contribution in [0.25, 0.3) is 0 Å². The first-order valence-corrected chi connectivity index (χ1v) is 6.02. The molecule has 1 saturated heterocycles. The summed E-state index contributed by atoms with van der Waals surface area (Å²) in [6.07, 6.45) is 1.66. The van der Waals surface area contributed by atoms with Gasteiger partial charge in [0, 0.05) is 13.6 Å². The van der Waals surface area contributed by atoms with Gasteiger partial charge in [-0.3, -0.25) is 4.79 Å². The number of hydrogen-bond donors (Lipinski definition) is 3. The monoisotopic (exact) mass is 257 g/mol. The lowest BCUT2D eigenvalue weighted by Gasteiger charge is -2.25. The van der Waals surface area contributed by atoms with Gasteiger partial charge in [0.2, 0.25) is 5.91 Å². The average molecular weight is 257 g/mol. The molecular formula is C11H19N3O4. The van der Waals surface area contributed by atoms with Gasteiger partial charge in [-0.2, -0.15) is 0 Å². The zero-order valence-electron chi connectivity index (χ0n) is 10.6. The Bertz CT molecular complexity index is 345.